The third kappa shape index (κ3) is 3.07. The van der Waals surface area contributed by atoms with Crippen LogP contribution in [0, 0.1) is 5.92 Å². The summed E-state index contributed by atoms with van der Waals surface area (Å²) in [6.45, 7) is 3.04. The second kappa shape index (κ2) is 5.64. The molecule has 2 heterocycles. The maximum atomic E-state index is 11.6. The lowest BCUT2D eigenvalue weighted by Gasteiger charge is -2.23. The minimum absolute atomic E-state index is 0.114. The molecule has 0 spiro atoms. The molecule has 1 aliphatic heterocycles. The Kier molecular flexibility index (Phi) is 4.17. The Balaban J connectivity index is 1.99. The van der Waals surface area contributed by atoms with Crippen LogP contribution in [0.2, 0.25) is 0 Å². The molecule has 6 heteroatoms. The van der Waals surface area contributed by atoms with Gasteiger partial charge in [0, 0.05) is 13.6 Å². The van der Waals surface area contributed by atoms with Gasteiger partial charge in [-0.05, 0) is 47.8 Å². The van der Waals surface area contributed by atoms with E-state index in [2.05, 4.69) is 31.7 Å². The highest BCUT2D eigenvalue weighted by Gasteiger charge is 2.13. The SMILES string of the molecule is Cn1ncc(NC[C@H]2CCCNC2)c(Br)c1=O. The average Bonchev–Trinajstić information content (AvgIpc) is 2.36. The molecular weight excluding hydrogens is 284 g/mol. The van der Waals surface area contributed by atoms with Crippen molar-refractivity contribution in [2.24, 2.45) is 13.0 Å². The molecule has 1 saturated heterocycles. The second-order valence-corrected chi connectivity index (χ2v) is 5.19. The molecule has 94 valence electrons. The summed E-state index contributed by atoms with van der Waals surface area (Å²) in [5, 5.41) is 10.7. The molecule has 0 saturated carbocycles. The Hall–Kier alpha value is -0.880. The number of piperidine rings is 1. The van der Waals surface area contributed by atoms with E-state index in [1.54, 1.807) is 13.2 Å². The number of aromatic nitrogens is 2. The van der Waals surface area contributed by atoms with E-state index in [4.69, 9.17) is 0 Å². The van der Waals surface area contributed by atoms with Crippen molar-refractivity contribution in [3.8, 4) is 0 Å². The number of hydrogen-bond acceptors (Lipinski definition) is 4. The number of nitrogens with one attached hydrogen (secondary N) is 2. The van der Waals surface area contributed by atoms with Crippen molar-refractivity contribution >= 4 is 21.6 Å². The molecule has 2 N–H and O–H groups in total. The Morgan fingerprint density at radius 2 is 2.53 bits per heavy atom. The normalized spacial score (nSPS) is 20.2. The zero-order chi connectivity index (χ0) is 12.3. The summed E-state index contributed by atoms with van der Waals surface area (Å²) in [5.74, 6) is 0.625. The second-order valence-electron chi connectivity index (χ2n) is 4.39. The first kappa shape index (κ1) is 12.6. The summed E-state index contributed by atoms with van der Waals surface area (Å²) in [4.78, 5) is 11.6. The Morgan fingerprint density at radius 1 is 1.71 bits per heavy atom. The van der Waals surface area contributed by atoms with Crippen LogP contribution in [0.4, 0.5) is 5.69 Å². The van der Waals surface area contributed by atoms with Gasteiger partial charge in [0.05, 0.1) is 11.9 Å². The van der Waals surface area contributed by atoms with Crippen LogP contribution in [0.25, 0.3) is 0 Å². The van der Waals surface area contributed by atoms with Crippen molar-refractivity contribution in [1.82, 2.24) is 15.1 Å². The van der Waals surface area contributed by atoms with Gasteiger partial charge in [0.15, 0.2) is 0 Å². The molecule has 2 rings (SSSR count). The van der Waals surface area contributed by atoms with E-state index in [0.717, 1.165) is 25.3 Å². The zero-order valence-corrected chi connectivity index (χ0v) is 11.5. The highest BCUT2D eigenvalue weighted by atomic mass is 79.9. The number of rotatable bonds is 3. The summed E-state index contributed by atoms with van der Waals surface area (Å²) in [6.07, 6.45) is 4.14. The molecule has 1 aromatic rings. The van der Waals surface area contributed by atoms with E-state index in [1.165, 1.54) is 17.5 Å². The summed E-state index contributed by atoms with van der Waals surface area (Å²) >= 11 is 3.30. The van der Waals surface area contributed by atoms with Crippen molar-refractivity contribution in [3.05, 3.63) is 21.0 Å². The summed E-state index contributed by atoms with van der Waals surface area (Å²) < 4.78 is 1.87. The smallest absolute Gasteiger partial charge is 0.282 e. The third-order valence-electron chi connectivity index (χ3n) is 3.06. The fourth-order valence-corrected chi connectivity index (χ4v) is 2.49. The minimum Gasteiger partial charge on any atom is -0.382 e. The highest BCUT2D eigenvalue weighted by Crippen LogP contribution is 2.17. The Bertz CT molecular complexity index is 440. The zero-order valence-electron chi connectivity index (χ0n) is 9.87. The first-order valence-electron chi connectivity index (χ1n) is 5.85. The lowest BCUT2D eigenvalue weighted by Crippen LogP contribution is -2.34. The molecule has 1 atom stereocenters. The summed E-state index contributed by atoms with van der Waals surface area (Å²) in [6, 6.07) is 0. The number of halogens is 1. The van der Waals surface area contributed by atoms with Gasteiger partial charge in [-0.3, -0.25) is 4.79 Å². The quantitative estimate of drug-likeness (QED) is 0.873. The molecule has 0 aliphatic carbocycles. The first-order valence-corrected chi connectivity index (χ1v) is 6.64. The van der Waals surface area contributed by atoms with Crippen LogP contribution in [0.1, 0.15) is 12.8 Å². The average molecular weight is 301 g/mol. The monoisotopic (exact) mass is 300 g/mol. The van der Waals surface area contributed by atoms with Crippen LogP contribution in [0.15, 0.2) is 15.5 Å². The van der Waals surface area contributed by atoms with Crippen LogP contribution in [-0.4, -0.2) is 29.4 Å². The Morgan fingerprint density at radius 3 is 3.24 bits per heavy atom. The molecule has 0 bridgehead atoms. The van der Waals surface area contributed by atoms with Crippen molar-refractivity contribution in [3.63, 3.8) is 0 Å². The summed E-state index contributed by atoms with van der Waals surface area (Å²) in [7, 11) is 1.64. The van der Waals surface area contributed by atoms with Crippen molar-refractivity contribution in [2.45, 2.75) is 12.8 Å². The van der Waals surface area contributed by atoms with Gasteiger partial charge in [-0.25, -0.2) is 4.68 Å². The van der Waals surface area contributed by atoms with E-state index in [0.29, 0.717) is 10.4 Å². The minimum atomic E-state index is -0.114. The predicted molar refractivity (Wildman–Crippen MR) is 71.3 cm³/mol. The van der Waals surface area contributed by atoms with Crippen LogP contribution < -0.4 is 16.2 Å². The van der Waals surface area contributed by atoms with Crippen LogP contribution in [-0.2, 0) is 7.05 Å². The fourth-order valence-electron chi connectivity index (χ4n) is 1.99. The standard InChI is InChI=1S/C11H17BrN4O/c1-16-11(17)10(12)9(7-15-16)14-6-8-3-2-4-13-5-8/h7-8,13-14H,2-6H2,1H3/t8-/m0/s1. The maximum Gasteiger partial charge on any atom is 0.282 e. The van der Waals surface area contributed by atoms with Gasteiger partial charge in [0.1, 0.15) is 4.47 Å². The van der Waals surface area contributed by atoms with Gasteiger partial charge in [0.25, 0.3) is 5.56 Å². The van der Waals surface area contributed by atoms with Crippen molar-refractivity contribution in [2.75, 3.05) is 25.0 Å². The highest BCUT2D eigenvalue weighted by molar-refractivity contribution is 9.10. The van der Waals surface area contributed by atoms with E-state index in [-0.39, 0.29) is 5.56 Å². The van der Waals surface area contributed by atoms with Crippen LogP contribution in [0.5, 0.6) is 0 Å². The molecule has 17 heavy (non-hydrogen) atoms. The lowest BCUT2D eigenvalue weighted by atomic mass is 10.00. The van der Waals surface area contributed by atoms with Crippen LogP contribution >= 0.6 is 15.9 Å². The topological polar surface area (TPSA) is 59.0 Å². The van der Waals surface area contributed by atoms with E-state index in [9.17, 15) is 4.79 Å². The predicted octanol–water partition coefficient (Wildman–Crippen LogP) is 0.954. The largest absolute Gasteiger partial charge is 0.382 e. The maximum absolute atomic E-state index is 11.6. The van der Waals surface area contributed by atoms with Gasteiger partial charge in [-0.1, -0.05) is 0 Å². The number of anilines is 1. The molecule has 1 aliphatic rings. The number of aryl methyl sites for hydroxylation is 1. The van der Waals surface area contributed by atoms with E-state index in [1.807, 2.05) is 0 Å². The molecule has 1 fully saturated rings. The molecule has 1 aromatic heterocycles. The fraction of sp³-hybridized carbons (Fsp3) is 0.636. The number of nitrogens with zero attached hydrogens (tertiary/aromatic N) is 2. The van der Waals surface area contributed by atoms with Gasteiger partial charge in [-0.15, -0.1) is 0 Å². The molecule has 0 unspecified atom stereocenters. The van der Waals surface area contributed by atoms with E-state index < -0.39 is 0 Å². The Labute approximate surface area is 109 Å². The molecule has 0 amide bonds. The molecule has 5 nitrogen and oxygen atoms in total. The van der Waals surface area contributed by atoms with Gasteiger partial charge < -0.3 is 10.6 Å². The number of hydrogen-bond donors (Lipinski definition) is 2. The van der Waals surface area contributed by atoms with Gasteiger partial charge in [0.2, 0.25) is 0 Å². The van der Waals surface area contributed by atoms with E-state index >= 15 is 0 Å². The summed E-state index contributed by atoms with van der Waals surface area (Å²) in [5.41, 5.74) is 0.662. The lowest BCUT2D eigenvalue weighted by molar-refractivity contribution is 0.393. The third-order valence-corrected chi connectivity index (χ3v) is 3.82. The first-order chi connectivity index (χ1) is 8.18. The molecule has 0 radical (unpaired) electrons. The van der Waals surface area contributed by atoms with Gasteiger partial charge >= 0.3 is 0 Å². The van der Waals surface area contributed by atoms with Crippen molar-refractivity contribution in [1.29, 1.82) is 0 Å². The van der Waals surface area contributed by atoms with Crippen LogP contribution in [0.3, 0.4) is 0 Å². The van der Waals surface area contributed by atoms with Gasteiger partial charge in [-0.2, -0.15) is 5.10 Å². The van der Waals surface area contributed by atoms with Crippen molar-refractivity contribution < 1.29 is 0 Å². The molecule has 0 aromatic carbocycles. The molecular formula is C11H17BrN4O.